The van der Waals surface area contributed by atoms with E-state index in [1.807, 2.05) is 17.5 Å². The largest absolute Gasteiger partial charge is 0.349 e. The van der Waals surface area contributed by atoms with Crippen molar-refractivity contribution in [2.45, 2.75) is 18.9 Å². The molecule has 2 aromatic heterocycles. The quantitative estimate of drug-likeness (QED) is 0.790. The number of hydrogen-bond acceptors (Lipinski definition) is 4. The first kappa shape index (κ1) is 15.0. The third-order valence-corrected chi connectivity index (χ3v) is 4.23. The molecule has 20 heavy (non-hydrogen) atoms. The van der Waals surface area contributed by atoms with Crippen molar-refractivity contribution in [1.82, 2.24) is 15.5 Å². The molecule has 1 saturated carbocycles. The van der Waals surface area contributed by atoms with Gasteiger partial charge in [-0.2, -0.15) is 5.10 Å². The molecule has 2 heterocycles. The lowest BCUT2D eigenvalue weighted by atomic mass is 10.2. The first-order valence-corrected chi connectivity index (χ1v) is 7.25. The molecule has 1 aliphatic rings. The number of halogens is 1. The summed E-state index contributed by atoms with van der Waals surface area (Å²) in [6.45, 7) is 0.519. The molecule has 1 atom stereocenters. The number of carbonyl (C=O) groups is 1. The standard InChI is InChI=1S/C13H16N4OS.ClH/c14-9(8-3-4-8)7-15-13(18)11-6-10(16-17-11)12-2-1-5-19-12;/h1-2,5-6,8-9H,3-4,7,14H2,(H,15,18)(H,16,17);1H. The smallest absolute Gasteiger partial charge is 0.271 e. The molecule has 0 radical (unpaired) electrons. The number of amides is 1. The van der Waals surface area contributed by atoms with Gasteiger partial charge in [-0.05, 0) is 36.3 Å². The summed E-state index contributed by atoms with van der Waals surface area (Å²) in [5, 5.41) is 11.7. The Hall–Kier alpha value is -1.37. The molecule has 0 aliphatic heterocycles. The highest BCUT2D eigenvalue weighted by molar-refractivity contribution is 7.13. The molecule has 0 aromatic carbocycles. The highest BCUT2D eigenvalue weighted by Crippen LogP contribution is 2.31. The zero-order valence-corrected chi connectivity index (χ0v) is 12.5. The molecular formula is C13H17ClN4OS. The highest BCUT2D eigenvalue weighted by atomic mass is 35.5. The van der Waals surface area contributed by atoms with Crippen LogP contribution in [0.5, 0.6) is 0 Å². The van der Waals surface area contributed by atoms with Gasteiger partial charge in [-0.15, -0.1) is 23.7 Å². The van der Waals surface area contributed by atoms with Gasteiger partial charge in [0.25, 0.3) is 5.91 Å². The van der Waals surface area contributed by atoms with E-state index in [0.717, 1.165) is 10.6 Å². The third-order valence-electron chi connectivity index (χ3n) is 3.32. The van der Waals surface area contributed by atoms with E-state index in [9.17, 15) is 4.79 Å². The van der Waals surface area contributed by atoms with Crippen LogP contribution >= 0.6 is 23.7 Å². The normalized spacial score (nSPS) is 15.4. The van der Waals surface area contributed by atoms with Crippen molar-refractivity contribution < 1.29 is 4.79 Å². The van der Waals surface area contributed by atoms with Crippen LogP contribution in [0, 0.1) is 5.92 Å². The van der Waals surface area contributed by atoms with Gasteiger partial charge in [-0.25, -0.2) is 0 Å². The Kier molecular flexibility index (Phi) is 4.80. The van der Waals surface area contributed by atoms with E-state index in [-0.39, 0.29) is 24.4 Å². The van der Waals surface area contributed by atoms with Gasteiger partial charge < -0.3 is 11.1 Å². The Morgan fingerprint density at radius 2 is 2.40 bits per heavy atom. The zero-order chi connectivity index (χ0) is 13.2. The van der Waals surface area contributed by atoms with Crippen LogP contribution in [0.4, 0.5) is 0 Å². The molecule has 5 nitrogen and oxygen atoms in total. The summed E-state index contributed by atoms with van der Waals surface area (Å²) in [4.78, 5) is 13.0. The maximum Gasteiger partial charge on any atom is 0.271 e. The summed E-state index contributed by atoms with van der Waals surface area (Å²) < 4.78 is 0. The molecule has 1 fully saturated rings. The van der Waals surface area contributed by atoms with Crippen LogP contribution < -0.4 is 11.1 Å². The molecule has 1 unspecified atom stereocenters. The number of carbonyl (C=O) groups excluding carboxylic acids is 1. The fourth-order valence-corrected chi connectivity index (χ4v) is 2.68. The number of aromatic nitrogens is 2. The van der Waals surface area contributed by atoms with Crippen LogP contribution in [0.15, 0.2) is 23.6 Å². The fourth-order valence-electron chi connectivity index (χ4n) is 1.99. The van der Waals surface area contributed by atoms with Gasteiger partial charge in [0.2, 0.25) is 0 Å². The van der Waals surface area contributed by atoms with Crippen molar-refractivity contribution in [2.24, 2.45) is 11.7 Å². The van der Waals surface area contributed by atoms with Crippen LogP contribution in [-0.2, 0) is 0 Å². The van der Waals surface area contributed by atoms with E-state index < -0.39 is 0 Å². The molecule has 0 saturated heterocycles. The summed E-state index contributed by atoms with van der Waals surface area (Å²) in [6, 6.07) is 5.79. The molecular weight excluding hydrogens is 296 g/mol. The first-order chi connectivity index (χ1) is 9.24. The first-order valence-electron chi connectivity index (χ1n) is 6.37. The van der Waals surface area contributed by atoms with Gasteiger partial charge in [-0.3, -0.25) is 9.89 Å². The van der Waals surface area contributed by atoms with Gasteiger partial charge in [0, 0.05) is 12.6 Å². The molecule has 3 rings (SSSR count). The summed E-state index contributed by atoms with van der Waals surface area (Å²) in [7, 11) is 0. The third kappa shape index (κ3) is 3.39. The van der Waals surface area contributed by atoms with E-state index in [2.05, 4.69) is 15.5 Å². The minimum atomic E-state index is -0.171. The SMILES string of the molecule is Cl.NC(CNC(=O)c1cc(-c2cccs2)[nH]n1)C1CC1. The summed E-state index contributed by atoms with van der Waals surface area (Å²) in [5.41, 5.74) is 7.22. The lowest BCUT2D eigenvalue weighted by Gasteiger charge is -2.10. The van der Waals surface area contributed by atoms with Crippen LogP contribution in [0.1, 0.15) is 23.3 Å². The van der Waals surface area contributed by atoms with E-state index >= 15 is 0 Å². The minimum Gasteiger partial charge on any atom is -0.349 e. The molecule has 1 aliphatic carbocycles. The maximum absolute atomic E-state index is 11.9. The number of aromatic amines is 1. The van der Waals surface area contributed by atoms with E-state index in [4.69, 9.17) is 5.73 Å². The topological polar surface area (TPSA) is 83.8 Å². The van der Waals surface area contributed by atoms with Crippen molar-refractivity contribution in [3.8, 4) is 10.6 Å². The Balaban J connectivity index is 0.00000147. The summed E-state index contributed by atoms with van der Waals surface area (Å²) in [6.07, 6.45) is 2.37. The molecule has 108 valence electrons. The number of hydrogen-bond donors (Lipinski definition) is 3. The van der Waals surface area contributed by atoms with Gasteiger partial charge in [0.15, 0.2) is 5.69 Å². The van der Waals surface area contributed by atoms with Crippen LogP contribution in [0.3, 0.4) is 0 Å². The second kappa shape index (κ2) is 6.39. The van der Waals surface area contributed by atoms with Crippen LogP contribution in [0.25, 0.3) is 10.6 Å². The number of nitrogens with one attached hydrogen (secondary N) is 2. The van der Waals surface area contributed by atoms with E-state index in [1.54, 1.807) is 17.4 Å². The van der Waals surface area contributed by atoms with Crippen molar-refractivity contribution >= 4 is 29.7 Å². The Labute approximate surface area is 127 Å². The fraction of sp³-hybridized carbons (Fsp3) is 0.385. The predicted molar refractivity (Wildman–Crippen MR) is 82.2 cm³/mol. The molecule has 4 N–H and O–H groups in total. The lowest BCUT2D eigenvalue weighted by Crippen LogP contribution is -2.38. The Morgan fingerprint density at radius 3 is 3.05 bits per heavy atom. The van der Waals surface area contributed by atoms with Crippen molar-refractivity contribution in [3.05, 3.63) is 29.3 Å². The van der Waals surface area contributed by atoms with Gasteiger partial charge in [-0.1, -0.05) is 6.07 Å². The lowest BCUT2D eigenvalue weighted by molar-refractivity contribution is 0.0945. The van der Waals surface area contributed by atoms with E-state index in [0.29, 0.717) is 18.2 Å². The predicted octanol–water partition coefficient (Wildman–Crippen LogP) is 2.03. The Bertz CT molecular complexity index is 565. The van der Waals surface area contributed by atoms with Crippen LogP contribution in [-0.4, -0.2) is 28.7 Å². The van der Waals surface area contributed by atoms with Crippen molar-refractivity contribution in [1.29, 1.82) is 0 Å². The van der Waals surface area contributed by atoms with Crippen LogP contribution in [0.2, 0.25) is 0 Å². The monoisotopic (exact) mass is 312 g/mol. The van der Waals surface area contributed by atoms with Crippen molar-refractivity contribution in [3.63, 3.8) is 0 Å². The average molecular weight is 313 g/mol. The number of nitrogens with two attached hydrogens (primary N) is 1. The second-order valence-electron chi connectivity index (χ2n) is 4.86. The molecule has 7 heteroatoms. The average Bonchev–Trinajstić information content (AvgIpc) is 2.94. The molecule has 2 aromatic rings. The molecule has 1 amide bonds. The van der Waals surface area contributed by atoms with Gasteiger partial charge >= 0.3 is 0 Å². The van der Waals surface area contributed by atoms with E-state index in [1.165, 1.54) is 12.8 Å². The maximum atomic E-state index is 11.9. The highest BCUT2D eigenvalue weighted by Gasteiger charge is 2.28. The van der Waals surface area contributed by atoms with Gasteiger partial charge in [0.1, 0.15) is 0 Å². The Morgan fingerprint density at radius 1 is 1.60 bits per heavy atom. The summed E-state index contributed by atoms with van der Waals surface area (Å²) in [5.74, 6) is 0.413. The minimum absolute atomic E-state index is 0. The summed E-state index contributed by atoms with van der Waals surface area (Å²) >= 11 is 1.61. The molecule has 0 bridgehead atoms. The second-order valence-corrected chi connectivity index (χ2v) is 5.80. The number of nitrogens with zero attached hydrogens (tertiary/aromatic N) is 1. The number of rotatable bonds is 5. The zero-order valence-electron chi connectivity index (χ0n) is 10.8. The number of thiophene rings is 1. The van der Waals surface area contributed by atoms with Crippen molar-refractivity contribution in [2.75, 3.05) is 6.54 Å². The number of H-pyrrole nitrogens is 1. The van der Waals surface area contributed by atoms with Gasteiger partial charge in [0.05, 0.1) is 10.6 Å². The molecule has 0 spiro atoms.